The van der Waals surface area contributed by atoms with Gasteiger partial charge in [0.25, 0.3) is 0 Å². The number of alkyl carbamates (subject to hydrolysis) is 1. The van der Waals surface area contributed by atoms with Gasteiger partial charge in [-0.25, -0.2) is 4.79 Å². The fourth-order valence-electron chi connectivity index (χ4n) is 9.54. The molecule has 38 heavy (non-hydrogen) atoms. The minimum Gasteiger partial charge on any atom is -0.445 e. The van der Waals surface area contributed by atoms with Crippen LogP contribution in [0.25, 0.3) is 0 Å². The van der Waals surface area contributed by atoms with E-state index in [0.717, 1.165) is 45.2 Å². The number of amides is 2. The standard InChI is InChI=1S/C31H46N2O5/c1-7-8-12-29(4)16-24(38-28(36)32-27(35)22-18-33-15-11-21(22)17-33)30(5)19(2)9-13-31(20(3)26(29)34)14-10-23(37-6)25(30)31/h19-25H,9-18H2,1-6H3,(H,32,35,36)/t19-,20+,21+,22+,23-,24-,25?,29-,30+,31?/m1/s1. The lowest BCUT2D eigenvalue weighted by molar-refractivity contribution is -0.191. The Balaban J connectivity index is 1.49. The first-order chi connectivity index (χ1) is 18.0. The molecule has 2 saturated heterocycles. The van der Waals surface area contributed by atoms with Crippen molar-refractivity contribution >= 4 is 17.8 Å². The molecule has 4 bridgehead atoms. The zero-order valence-corrected chi connectivity index (χ0v) is 24.1. The first-order valence-corrected chi connectivity index (χ1v) is 14.7. The molecule has 3 unspecified atom stereocenters. The van der Waals surface area contributed by atoms with E-state index in [1.165, 1.54) is 0 Å². The molecule has 0 aromatic carbocycles. The molecule has 7 nitrogen and oxygen atoms in total. The summed E-state index contributed by atoms with van der Waals surface area (Å²) in [6.07, 6.45) is 4.44. The Labute approximate surface area is 228 Å². The summed E-state index contributed by atoms with van der Waals surface area (Å²) >= 11 is 0. The van der Waals surface area contributed by atoms with Crippen LogP contribution >= 0.6 is 0 Å². The summed E-state index contributed by atoms with van der Waals surface area (Å²) in [6.45, 7) is 13.1. The number of rotatable bonds is 4. The van der Waals surface area contributed by atoms with Crippen molar-refractivity contribution in [2.45, 2.75) is 91.8 Å². The highest BCUT2D eigenvalue weighted by atomic mass is 16.6. The minimum atomic E-state index is -0.739. The molecule has 0 aromatic heterocycles. The number of fused-ring (bicyclic) bond motifs is 2. The van der Waals surface area contributed by atoms with E-state index in [-0.39, 0.29) is 46.9 Å². The number of carbonyl (C=O) groups is 3. The monoisotopic (exact) mass is 526 g/mol. The zero-order valence-electron chi connectivity index (χ0n) is 24.1. The number of piperidine rings is 1. The third-order valence-corrected chi connectivity index (χ3v) is 11.9. The van der Waals surface area contributed by atoms with Crippen molar-refractivity contribution in [2.24, 2.45) is 45.8 Å². The van der Waals surface area contributed by atoms with Crippen LogP contribution in [0.15, 0.2) is 0 Å². The second-order valence-corrected chi connectivity index (χ2v) is 13.6. The third-order valence-electron chi connectivity index (χ3n) is 11.9. The van der Waals surface area contributed by atoms with Gasteiger partial charge in [-0.1, -0.05) is 27.7 Å². The van der Waals surface area contributed by atoms with Gasteiger partial charge in [0.2, 0.25) is 5.91 Å². The van der Waals surface area contributed by atoms with E-state index >= 15 is 0 Å². The van der Waals surface area contributed by atoms with Crippen LogP contribution < -0.4 is 5.32 Å². The van der Waals surface area contributed by atoms with Gasteiger partial charge in [-0.3, -0.25) is 14.9 Å². The fraction of sp³-hybridized carbons (Fsp3) is 0.839. The maximum Gasteiger partial charge on any atom is 0.414 e. The maximum atomic E-state index is 14.3. The molecule has 5 aliphatic rings. The highest BCUT2D eigenvalue weighted by molar-refractivity contribution is 5.93. The smallest absolute Gasteiger partial charge is 0.414 e. The van der Waals surface area contributed by atoms with Gasteiger partial charge in [0.1, 0.15) is 11.9 Å². The second-order valence-electron chi connectivity index (χ2n) is 13.6. The summed E-state index contributed by atoms with van der Waals surface area (Å²) in [5.74, 6) is 6.54. The molecular formula is C31H46N2O5. The largest absolute Gasteiger partial charge is 0.445 e. The van der Waals surface area contributed by atoms with Crippen LogP contribution in [0, 0.1) is 57.7 Å². The summed E-state index contributed by atoms with van der Waals surface area (Å²) in [7, 11) is 1.77. The third kappa shape index (κ3) is 4.13. The molecule has 3 aliphatic carbocycles. The number of hydrogen-bond acceptors (Lipinski definition) is 6. The number of ether oxygens (including phenoxy) is 2. The predicted octanol–water partition coefficient (Wildman–Crippen LogP) is 4.44. The van der Waals surface area contributed by atoms with E-state index in [1.54, 1.807) is 14.0 Å². The molecule has 5 fully saturated rings. The summed E-state index contributed by atoms with van der Waals surface area (Å²) < 4.78 is 12.4. The van der Waals surface area contributed by atoms with E-state index in [4.69, 9.17) is 9.47 Å². The predicted molar refractivity (Wildman–Crippen MR) is 144 cm³/mol. The average Bonchev–Trinajstić information content (AvgIpc) is 3.63. The fourth-order valence-corrected chi connectivity index (χ4v) is 9.54. The quantitative estimate of drug-likeness (QED) is 0.546. The maximum absolute atomic E-state index is 14.3. The van der Waals surface area contributed by atoms with Crippen molar-refractivity contribution < 1.29 is 23.9 Å². The topological polar surface area (TPSA) is 84.9 Å². The van der Waals surface area contributed by atoms with E-state index < -0.39 is 23.0 Å². The van der Waals surface area contributed by atoms with Gasteiger partial charge in [-0.05, 0) is 69.2 Å². The first kappa shape index (κ1) is 27.6. The SMILES string of the molecule is CC#CC[C@]1(C)C[C@@H](OC(=O)NC(=O)[C@H]2CN3CC[C@H]2C3)[C@@]2(C)C3[C@H](OC)CCC3(CC[C@H]2C)[C@@H](C)C1=O. The number of carbonyl (C=O) groups excluding carboxylic acids is 3. The van der Waals surface area contributed by atoms with E-state index in [0.29, 0.717) is 25.3 Å². The lowest BCUT2D eigenvalue weighted by Crippen LogP contribution is -2.63. The molecule has 2 aliphatic heterocycles. The van der Waals surface area contributed by atoms with Gasteiger partial charge in [-0.15, -0.1) is 11.8 Å². The average molecular weight is 527 g/mol. The molecule has 0 radical (unpaired) electrons. The van der Waals surface area contributed by atoms with E-state index in [1.807, 2.05) is 6.92 Å². The number of hydrogen-bond donors (Lipinski definition) is 1. The highest BCUT2D eigenvalue weighted by Gasteiger charge is 2.68. The Morgan fingerprint density at radius 2 is 1.87 bits per heavy atom. The van der Waals surface area contributed by atoms with Gasteiger partial charge in [0, 0.05) is 49.3 Å². The number of Topliss-reactive ketones (excluding diaryl/α,β-unsaturated/α-hetero) is 1. The molecule has 2 amide bonds. The van der Waals surface area contributed by atoms with Crippen molar-refractivity contribution in [3.63, 3.8) is 0 Å². The highest BCUT2D eigenvalue weighted by Crippen LogP contribution is 2.68. The minimum absolute atomic E-state index is 0.0108. The summed E-state index contributed by atoms with van der Waals surface area (Å²) in [5, 5.41) is 2.60. The van der Waals surface area contributed by atoms with Crippen molar-refractivity contribution in [1.82, 2.24) is 10.2 Å². The van der Waals surface area contributed by atoms with Crippen molar-refractivity contribution in [2.75, 3.05) is 26.7 Å². The number of ketones is 1. The van der Waals surface area contributed by atoms with Gasteiger partial charge in [0.05, 0.1) is 12.0 Å². The van der Waals surface area contributed by atoms with Crippen LogP contribution in [0.3, 0.4) is 0 Å². The number of imide groups is 1. The van der Waals surface area contributed by atoms with Crippen LogP contribution in [-0.4, -0.2) is 61.6 Å². The zero-order chi connectivity index (χ0) is 27.5. The van der Waals surface area contributed by atoms with Gasteiger partial charge >= 0.3 is 6.09 Å². The van der Waals surface area contributed by atoms with Gasteiger partial charge in [0.15, 0.2) is 0 Å². The van der Waals surface area contributed by atoms with E-state index in [9.17, 15) is 14.4 Å². The number of nitrogens with one attached hydrogen (secondary N) is 1. The second kappa shape index (κ2) is 9.93. The molecule has 5 rings (SSSR count). The van der Waals surface area contributed by atoms with E-state index in [2.05, 4.69) is 42.8 Å². The molecule has 11 atom stereocenters. The van der Waals surface area contributed by atoms with Crippen LogP contribution in [0.5, 0.6) is 0 Å². The summed E-state index contributed by atoms with van der Waals surface area (Å²) in [4.78, 5) is 43.0. The number of methoxy groups -OCH3 is 1. The van der Waals surface area contributed by atoms with Crippen LogP contribution in [-0.2, 0) is 19.1 Å². The molecule has 2 heterocycles. The molecule has 1 N–H and O–H groups in total. The lowest BCUT2D eigenvalue weighted by atomic mass is 9.44. The summed E-state index contributed by atoms with van der Waals surface area (Å²) in [5.41, 5.74) is -1.33. The molecule has 7 heteroatoms. The lowest BCUT2D eigenvalue weighted by Gasteiger charge is -2.61. The molecular weight excluding hydrogens is 480 g/mol. The first-order valence-electron chi connectivity index (χ1n) is 14.7. The van der Waals surface area contributed by atoms with Gasteiger partial charge in [-0.2, -0.15) is 0 Å². The van der Waals surface area contributed by atoms with Crippen molar-refractivity contribution in [1.29, 1.82) is 0 Å². The van der Waals surface area contributed by atoms with Crippen molar-refractivity contribution in [3.05, 3.63) is 0 Å². The Hall–Kier alpha value is -1.91. The van der Waals surface area contributed by atoms with Gasteiger partial charge < -0.3 is 14.4 Å². The van der Waals surface area contributed by atoms with Crippen molar-refractivity contribution in [3.8, 4) is 11.8 Å². The van der Waals surface area contributed by atoms with Crippen LogP contribution in [0.2, 0.25) is 0 Å². The number of nitrogens with zero attached hydrogens (tertiary/aromatic N) is 1. The summed E-state index contributed by atoms with van der Waals surface area (Å²) in [6, 6.07) is 0. The Morgan fingerprint density at radius 3 is 2.50 bits per heavy atom. The molecule has 210 valence electrons. The molecule has 0 aromatic rings. The molecule has 3 saturated carbocycles. The normalized spacial score (nSPS) is 47.4. The Kier molecular flexibility index (Phi) is 7.22. The Bertz CT molecular complexity index is 1050. The van der Waals surface area contributed by atoms with Crippen LogP contribution in [0.4, 0.5) is 4.79 Å². The Morgan fingerprint density at radius 1 is 1.13 bits per heavy atom. The molecule has 0 spiro atoms. The van der Waals surface area contributed by atoms with Crippen LogP contribution in [0.1, 0.15) is 79.6 Å².